The fourth-order valence-corrected chi connectivity index (χ4v) is 4.54. The SMILES string of the molecule is CCCNCc1sc(C2CCC(C)CC2)nc1C1CC1. The molecule has 2 aliphatic carbocycles. The zero-order valence-corrected chi connectivity index (χ0v) is 13.8. The van der Waals surface area contributed by atoms with Crippen LogP contribution in [0.4, 0.5) is 0 Å². The van der Waals surface area contributed by atoms with Crippen molar-refractivity contribution in [3.63, 3.8) is 0 Å². The molecule has 2 nitrogen and oxygen atoms in total. The lowest BCUT2D eigenvalue weighted by Crippen LogP contribution is -2.13. The second kappa shape index (κ2) is 6.57. The van der Waals surface area contributed by atoms with Gasteiger partial charge in [-0.15, -0.1) is 11.3 Å². The molecule has 2 saturated carbocycles. The number of aromatic nitrogens is 1. The highest BCUT2D eigenvalue weighted by atomic mass is 32.1. The normalized spacial score (nSPS) is 26.9. The summed E-state index contributed by atoms with van der Waals surface area (Å²) in [5.41, 5.74) is 1.45. The number of nitrogens with one attached hydrogen (secondary N) is 1. The molecule has 0 saturated heterocycles. The molecule has 2 fully saturated rings. The van der Waals surface area contributed by atoms with E-state index in [2.05, 4.69) is 19.2 Å². The highest BCUT2D eigenvalue weighted by Crippen LogP contribution is 2.45. The third-order valence-corrected chi connectivity index (χ3v) is 6.02. The summed E-state index contributed by atoms with van der Waals surface area (Å²) in [5.74, 6) is 2.48. The first-order chi connectivity index (χ1) is 9.78. The van der Waals surface area contributed by atoms with Crippen LogP contribution in [0.2, 0.25) is 0 Å². The molecule has 3 rings (SSSR count). The van der Waals surface area contributed by atoms with E-state index in [9.17, 15) is 0 Å². The van der Waals surface area contributed by atoms with Crippen molar-refractivity contribution in [2.75, 3.05) is 6.54 Å². The molecule has 0 radical (unpaired) electrons. The lowest BCUT2D eigenvalue weighted by Gasteiger charge is -2.24. The van der Waals surface area contributed by atoms with Gasteiger partial charge in [-0.1, -0.05) is 26.7 Å². The zero-order valence-electron chi connectivity index (χ0n) is 13.0. The third kappa shape index (κ3) is 3.43. The van der Waals surface area contributed by atoms with Crippen LogP contribution in [0.3, 0.4) is 0 Å². The van der Waals surface area contributed by atoms with Crippen molar-refractivity contribution in [2.24, 2.45) is 5.92 Å². The Morgan fingerprint density at radius 2 is 1.80 bits per heavy atom. The maximum Gasteiger partial charge on any atom is 0.0962 e. The van der Waals surface area contributed by atoms with Crippen LogP contribution in [0.15, 0.2) is 0 Å². The van der Waals surface area contributed by atoms with Crippen LogP contribution < -0.4 is 5.32 Å². The Balaban J connectivity index is 1.69. The summed E-state index contributed by atoms with van der Waals surface area (Å²) in [6.45, 7) is 6.79. The Morgan fingerprint density at radius 1 is 1.10 bits per heavy atom. The first-order valence-corrected chi connectivity index (χ1v) is 9.29. The molecule has 1 aromatic rings. The average molecular weight is 292 g/mol. The fraction of sp³-hybridized carbons (Fsp3) is 0.824. The van der Waals surface area contributed by atoms with Crippen LogP contribution in [0.25, 0.3) is 0 Å². The van der Waals surface area contributed by atoms with E-state index in [0.29, 0.717) is 0 Å². The van der Waals surface area contributed by atoms with Gasteiger partial charge in [0.25, 0.3) is 0 Å². The average Bonchev–Trinajstić information content (AvgIpc) is 3.21. The van der Waals surface area contributed by atoms with Gasteiger partial charge in [-0.2, -0.15) is 0 Å². The highest BCUT2D eigenvalue weighted by molar-refractivity contribution is 7.11. The standard InChI is InChI=1S/C17H28N2S/c1-3-10-18-11-15-16(13-8-9-13)19-17(20-15)14-6-4-12(2)5-7-14/h12-14,18H,3-11H2,1-2H3. The molecule has 0 atom stereocenters. The van der Waals surface area contributed by atoms with E-state index in [1.807, 2.05) is 11.3 Å². The Morgan fingerprint density at radius 3 is 2.45 bits per heavy atom. The van der Waals surface area contributed by atoms with Crippen LogP contribution in [0.1, 0.15) is 86.2 Å². The second-order valence-corrected chi connectivity index (χ2v) is 7.88. The number of thiazole rings is 1. The van der Waals surface area contributed by atoms with E-state index < -0.39 is 0 Å². The monoisotopic (exact) mass is 292 g/mol. The van der Waals surface area contributed by atoms with Gasteiger partial charge in [0.15, 0.2) is 0 Å². The van der Waals surface area contributed by atoms with E-state index >= 15 is 0 Å². The Bertz CT molecular complexity index is 428. The quantitative estimate of drug-likeness (QED) is 0.761. The minimum absolute atomic E-state index is 0.758. The van der Waals surface area contributed by atoms with Crippen molar-refractivity contribution in [1.29, 1.82) is 0 Å². The van der Waals surface area contributed by atoms with Gasteiger partial charge in [0.05, 0.1) is 10.7 Å². The van der Waals surface area contributed by atoms with Gasteiger partial charge in [0.2, 0.25) is 0 Å². The minimum Gasteiger partial charge on any atom is -0.312 e. The van der Waals surface area contributed by atoms with Gasteiger partial charge in [-0.25, -0.2) is 4.98 Å². The van der Waals surface area contributed by atoms with E-state index in [1.165, 1.54) is 60.5 Å². The second-order valence-electron chi connectivity index (χ2n) is 6.77. The Labute approximate surface area is 127 Å². The van der Waals surface area contributed by atoms with Crippen LogP contribution in [-0.2, 0) is 6.54 Å². The van der Waals surface area contributed by atoms with Gasteiger partial charge < -0.3 is 5.32 Å². The minimum atomic E-state index is 0.758. The van der Waals surface area contributed by atoms with Crippen molar-refractivity contribution in [3.8, 4) is 0 Å². The first kappa shape index (κ1) is 14.5. The largest absolute Gasteiger partial charge is 0.312 e. The first-order valence-electron chi connectivity index (χ1n) is 8.48. The van der Waals surface area contributed by atoms with Gasteiger partial charge in [-0.05, 0) is 44.6 Å². The molecular weight excluding hydrogens is 264 g/mol. The number of rotatable bonds is 6. The predicted octanol–water partition coefficient (Wildman–Crippen LogP) is 4.81. The molecule has 0 unspecified atom stereocenters. The van der Waals surface area contributed by atoms with E-state index in [-0.39, 0.29) is 0 Å². The molecule has 0 aliphatic heterocycles. The van der Waals surface area contributed by atoms with Crippen LogP contribution >= 0.6 is 11.3 Å². The summed E-state index contributed by atoms with van der Waals surface area (Å²) in [5, 5.41) is 5.02. The number of hydrogen-bond donors (Lipinski definition) is 1. The van der Waals surface area contributed by atoms with Crippen LogP contribution in [-0.4, -0.2) is 11.5 Å². The summed E-state index contributed by atoms with van der Waals surface area (Å²) >= 11 is 2.01. The maximum atomic E-state index is 5.08. The van der Waals surface area contributed by atoms with E-state index in [4.69, 9.17) is 4.98 Å². The molecule has 1 N–H and O–H groups in total. The van der Waals surface area contributed by atoms with Gasteiger partial charge in [-0.3, -0.25) is 0 Å². The molecule has 20 heavy (non-hydrogen) atoms. The summed E-state index contributed by atoms with van der Waals surface area (Å²) < 4.78 is 0. The molecule has 1 aromatic heterocycles. The van der Waals surface area contributed by atoms with Gasteiger partial charge >= 0.3 is 0 Å². The van der Waals surface area contributed by atoms with Crippen LogP contribution in [0, 0.1) is 5.92 Å². The molecule has 0 aromatic carbocycles. The van der Waals surface area contributed by atoms with Crippen LogP contribution in [0.5, 0.6) is 0 Å². The maximum absolute atomic E-state index is 5.08. The van der Waals surface area contributed by atoms with Crippen molar-refractivity contribution in [3.05, 3.63) is 15.6 Å². The lowest BCUT2D eigenvalue weighted by molar-refractivity contribution is 0.347. The van der Waals surface area contributed by atoms with Crippen molar-refractivity contribution >= 4 is 11.3 Å². The lowest BCUT2D eigenvalue weighted by atomic mass is 9.83. The molecular formula is C17H28N2S. The van der Waals surface area contributed by atoms with Gasteiger partial charge in [0, 0.05) is 23.3 Å². The summed E-state index contributed by atoms with van der Waals surface area (Å²) in [6.07, 6.45) is 9.46. The molecule has 0 spiro atoms. The smallest absolute Gasteiger partial charge is 0.0962 e. The Kier molecular flexibility index (Phi) is 4.77. The molecule has 0 amide bonds. The van der Waals surface area contributed by atoms with Gasteiger partial charge in [0.1, 0.15) is 0 Å². The molecule has 2 aliphatic rings. The van der Waals surface area contributed by atoms with E-state index in [0.717, 1.165) is 30.8 Å². The fourth-order valence-electron chi connectivity index (χ4n) is 3.25. The Hall–Kier alpha value is -0.410. The molecule has 1 heterocycles. The van der Waals surface area contributed by atoms with Crippen molar-refractivity contribution in [1.82, 2.24) is 10.3 Å². The summed E-state index contributed by atoms with van der Waals surface area (Å²) in [7, 11) is 0. The third-order valence-electron chi connectivity index (χ3n) is 4.79. The molecule has 0 bridgehead atoms. The van der Waals surface area contributed by atoms with E-state index in [1.54, 1.807) is 0 Å². The molecule has 112 valence electrons. The zero-order chi connectivity index (χ0) is 13.9. The molecule has 3 heteroatoms. The number of nitrogens with zero attached hydrogens (tertiary/aromatic N) is 1. The van der Waals surface area contributed by atoms with Crippen molar-refractivity contribution < 1.29 is 0 Å². The summed E-state index contributed by atoms with van der Waals surface area (Å²) in [6, 6.07) is 0. The highest BCUT2D eigenvalue weighted by Gasteiger charge is 2.31. The predicted molar refractivity (Wildman–Crippen MR) is 86.5 cm³/mol. The topological polar surface area (TPSA) is 24.9 Å². The number of hydrogen-bond acceptors (Lipinski definition) is 3. The summed E-state index contributed by atoms with van der Waals surface area (Å²) in [4.78, 5) is 6.61. The van der Waals surface area contributed by atoms with Crippen molar-refractivity contribution in [2.45, 2.75) is 77.2 Å².